The van der Waals surface area contributed by atoms with E-state index in [9.17, 15) is 0 Å². The van der Waals surface area contributed by atoms with E-state index in [0.29, 0.717) is 18.1 Å². The molecule has 0 saturated heterocycles. The molecule has 0 fully saturated rings. The Morgan fingerprint density at radius 2 is 2.27 bits per heavy atom. The molecule has 0 aliphatic carbocycles. The summed E-state index contributed by atoms with van der Waals surface area (Å²) in [5, 5.41) is 8.47. The largest absolute Gasteiger partial charge is 0.384 e. The lowest BCUT2D eigenvalue weighted by atomic mass is 10.2. The predicted octanol–water partition coefficient (Wildman–Crippen LogP) is -0.00582. The smallest absolute Gasteiger partial charge is 0.143 e. The van der Waals surface area contributed by atoms with Crippen LogP contribution in [0.2, 0.25) is 0 Å². The third-order valence-electron chi connectivity index (χ3n) is 1.26. The van der Waals surface area contributed by atoms with Crippen LogP contribution in [0.5, 0.6) is 0 Å². The van der Waals surface area contributed by atoms with Crippen molar-refractivity contribution in [3.05, 3.63) is 23.4 Å². The zero-order valence-electron chi connectivity index (χ0n) is 5.91. The molecule has 0 atom stereocenters. The van der Waals surface area contributed by atoms with Crippen molar-refractivity contribution in [1.82, 2.24) is 4.98 Å². The molecule has 0 aliphatic rings. The van der Waals surface area contributed by atoms with Gasteiger partial charge in [-0.2, -0.15) is 5.26 Å². The molecule has 0 saturated carbocycles. The van der Waals surface area contributed by atoms with E-state index in [4.69, 9.17) is 16.7 Å². The molecule has 56 valence electrons. The van der Waals surface area contributed by atoms with Gasteiger partial charge in [0, 0.05) is 6.54 Å². The highest BCUT2D eigenvalue weighted by molar-refractivity contribution is 5.38. The first-order valence-corrected chi connectivity index (χ1v) is 3.13. The fourth-order valence-corrected chi connectivity index (χ4v) is 0.786. The molecule has 0 radical (unpaired) electrons. The van der Waals surface area contributed by atoms with E-state index >= 15 is 0 Å². The van der Waals surface area contributed by atoms with Crippen molar-refractivity contribution in [2.24, 2.45) is 5.73 Å². The van der Waals surface area contributed by atoms with Crippen LogP contribution in [0.25, 0.3) is 0 Å². The van der Waals surface area contributed by atoms with Crippen molar-refractivity contribution in [3.8, 4) is 6.07 Å². The summed E-state index contributed by atoms with van der Waals surface area (Å²) in [5.74, 6) is 0.338. The Balaban J connectivity index is 3.15. The normalized spacial score (nSPS) is 9.09. The number of pyridine rings is 1. The Morgan fingerprint density at radius 3 is 2.82 bits per heavy atom. The summed E-state index contributed by atoms with van der Waals surface area (Å²) >= 11 is 0. The second-order valence-corrected chi connectivity index (χ2v) is 2.10. The molecule has 1 aromatic heterocycles. The maximum atomic E-state index is 8.47. The molecule has 0 bridgehead atoms. The van der Waals surface area contributed by atoms with Crippen molar-refractivity contribution < 1.29 is 0 Å². The molecule has 4 N–H and O–H groups in total. The molecule has 0 spiro atoms. The van der Waals surface area contributed by atoms with Crippen molar-refractivity contribution >= 4 is 5.82 Å². The van der Waals surface area contributed by atoms with Crippen LogP contribution in [-0.2, 0) is 6.54 Å². The van der Waals surface area contributed by atoms with E-state index in [1.54, 1.807) is 12.1 Å². The van der Waals surface area contributed by atoms with Gasteiger partial charge >= 0.3 is 0 Å². The molecule has 4 nitrogen and oxygen atoms in total. The number of hydrogen-bond acceptors (Lipinski definition) is 4. The Bertz CT molecular complexity index is 300. The van der Waals surface area contributed by atoms with Crippen molar-refractivity contribution in [2.75, 3.05) is 5.73 Å². The van der Waals surface area contributed by atoms with Gasteiger partial charge in [0.05, 0.1) is 0 Å². The van der Waals surface area contributed by atoms with Gasteiger partial charge in [-0.1, -0.05) is 0 Å². The Labute approximate surface area is 64.5 Å². The van der Waals surface area contributed by atoms with Crippen LogP contribution in [-0.4, -0.2) is 4.98 Å². The van der Waals surface area contributed by atoms with Gasteiger partial charge in [0.15, 0.2) is 0 Å². The molecule has 4 heteroatoms. The van der Waals surface area contributed by atoms with E-state index in [1.165, 1.54) is 0 Å². The molecule has 0 aromatic carbocycles. The number of aromatic nitrogens is 1. The first-order valence-electron chi connectivity index (χ1n) is 3.13. The molecule has 0 unspecified atom stereocenters. The topological polar surface area (TPSA) is 88.7 Å². The summed E-state index contributed by atoms with van der Waals surface area (Å²) in [6.07, 6.45) is 0. The Hall–Kier alpha value is -1.60. The minimum Gasteiger partial charge on any atom is -0.384 e. The zero-order chi connectivity index (χ0) is 8.27. The lowest BCUT2D eigenvalue weighted by Gasteiger charge is -1.97. The van der Waals surface area contributed by atoms with Crippen molar-refractivity contribution in [3.63, 3.8) is 0 Å². The lowest BCUT2D eigenvalue weighted by Crippen LogP contribution is -2.00. The van der Waals surface area contributed by atoms with E-state index in [2.05, 4.69) is 4.98 Å². The highest BCUT2D eigenvalue weighted by Gasteiger charge is 1.96. The predicted molar refractivity (Wildman–Crippen MR) is 41.3 cm³/mol. The standard InChI is InChI=1S/C7H8N4/c8-3-5-1-6(4-9)11-7(10)2-5/h1-2H,3,8H2,(H2,10,11). The molecule has 1 rings (SSSR count). The van der Waals surface area contributed by atoms with Crippen LogP contribution < -0.4 is 11.5 Å². The van der Waals surface area contributed by atoms with Gasteiger partial charge in [-0.25, -0.2) is 4.98 Å². The van der Waals surface area contributed by atoms with E-state index in [0.717, 1.165) is 5.56 Å². The molecular weight excluding hydrogens is 140 g/mol. The van der Waals surface area contributed by atoms with Gasteiger partial charge in [-0.3, -0.25) is 0 Å². The number of nitriles is 1. The van der Waals surface area contributed by atoms with Gasteiger partial charge in [0.1, 0.15) is 17.6 Å². The van der Waals surface area contributed by atoms with Crippen LogP contribution in [0, 0.1) is 11.3 Å². The minimum absolute atomic E-state index is 0.311. The summed E-state index contributed by atoms with van der Waals surface area (Å²) in [6.45, 7) is 0.376. The molecular formula is C7H8N4. The third kappa shape index (κ3) is 1.66. The number of nitrogens with zero attached hydrogens (tertiary/aromatic N) is 2. The fourth-order valence-electron chi connectivity index (χ4n) is 0.786. The zero-order valence-corrected chi connectivity index (χ0v) is 5.91. The Kier molecular flexibility index (Phi) is 2.04. The minimum atomic E-state index is 0.311. The lowest BCUT2D eigenvalue weighted by molar-refractivity contribution is 1.06. The maximum Gasteiger partial charge on any atom is 0.143 e. The van der Waals surface area contributed by atoms with Gasteiger partial charge in [-0.15, -0.1) is 0 Å². The number of rotatable bonds is 1. The summed E-state index contributed by atoms with van der Waals surface area (Å²) in [7, 11) is 0. The third-order valence-corrected chi connectivity index (χ3v) is 1.26. The number of nitrogens with two attached hydrogens (primary N) is 2. The fraction of sp³-hybridized carbons (Fsp3) is 0.143. The van der Waals surface area contributed by atoms with Crippen molar-refractivity contribution in [1.29, 1.82) is 5.26 Å². The van der Waals surface area contributed by atoms with E-state index in [1.807, 2.05) is 6.07 Å². The van der Waals surface area contributed by atoms with Gasteiger partial charge in [0.25, 0.3) is 0 Å². The highest BCUT2D eigenvalue weighted by Crippen LogP contribution is 2.05. The van der Waals surface area contributed by atoms with Gasteiger partial charge in [-0.05, 0) is 17.7 Å². The van der Waals surface area contributed by atoms with Crippen LogP contribution in [0.1, 0.15) is 11.3 Å². The van der Waals surface area contributed by atoms with Crippen LogP contribution in [0.15, 0.2) is 12.1 Å². The first-order chi connectivity index (χ1) is 5.26. The quantitative estimate of drug-likeness (QED) is 0.586. The molecule has 0 amide bonds. The van der Waals surface area contributed by atoms with E-state index < -0.39 is 0 Å². The average molecular weight is 148 g/mol. The summed E-state index contributed by atoms with van der Waals surface area (Å²) < 4.78 is 0. The molecule has 1 heterocycles. The summed E-state index contributed by atoms with van der Waals surface area (Å²) in [6, 6.07) is 5.17. The molecule has 1 aromatic rings. The summed E-state index contributed by atoms with van der Waals surface area (Å²) in [4.78, 5) is 3.76. The molecule has 11 heavy (non-hydrogen) atoms. The second kappa shape index (κ2) is 2.99. The average Bonchev–Trinajstić information content (AvgIpc) is 2.03. The number of hydrogen-bond donors (Lipinski definition) is 2. The molecule has 0 aliphatic heterocycles. The SMILES string of the molecule is N#Cc1cc(CN)cc(N)n1. The maximum absolute atomic E-state index is 8.47. The van der Waals surface area contributed by atoms with E-state index in [-0.39, 0.29) is 0 Å². The van der Waals surface area contributed by atoms with Crippen LogP contribution in [0.3, 0.4) is 0 Å². The first kappa shape index (κ1) is 7.51. The number of anilines is 1. The second-order valence-electron chi connectivity index (χ2n) is 2.10. The monoisotopic (exact) mass is 148 g/mol. The van der Waals surface area contributed by atoms with Gasteiger partial charge in [0.2, 0.25) is 0 Å². The van der Waals surface area contributed by atoms with Gasteiger partial charge < -0.3 is 11.5 Å². The summed E-state index contributed by atoms with van der Waals surface area (Å²) in [5.41, 5.74) is 11.9. The Morgan fingerprint density at radius 1 is 1.55 bits per heavy atom. The highest BCUT2D eigenvalue weighted by atomic mass is 14.8. The number of nitrogen functional groups attached to an aromatic ring is 1. The van der Waals surface area contributed by atoms with Crippen molar-refractivity contribution in [2.45, 2.75) is 6.54 Å². The van der Waals surface area contributed by atoms with Crippen LogP contribution >= 0.6 is 0 Å². The van der Waals surface area contributed by atoms with Crippen LogP contribution in [0.4, 0.5) is 5.82 Å².